The smallest absolute Gasteiger partial charge is 0.303 e. The van der Waals surface area contributed by atoms with Crippen LogP contribution in [0, 0.1) is 10.7 Å². The van der Waals surface area contributed by atoms with Gasteiger partial charge in [-0.1, -0.05) is 0 Å². The Labute approximate surface area is 260 Å². The molecule has 0 aromatic heterocycles. The number of hydrogen-bond acceptors (Lipinski definition) is 10. The molecule has 0 aliphatic heterocycles. The van der Waals surface area contributed by atoms with E-state index in [9.17, 15) is 29.1 Å². The molecule has 16 heteroatoms. The van der Waals surface area contributed by atoms with Gasteiger partial charge < -0.3 is 40.0 Å². The first-order valence-electron chi connectivity index (χ1n) is 10.9. The van der Waals surface area contributed by atoms with E-state index >= 15 is 0 Å². The summed E-state index contributed by atoms with van der Waals surface area (Å²) in [6.07, 6.45) is -2.14. The van der Waals surface area contributed by atoms with Crippen LogP contribution in [-0.4, -0.2) is 104 Å². The lowest BCUT2D eigenvalue weighted by Crippen LogP contribution is -2.40. The number of rotatable bonds is 13. The molecule has 0 aliphatic rings. The average Bonchev–Trinajstić information content (AvgIpc) is 2.83. The number of esters is 2. The second-order valence-corrected chi connectivity index (χ2v) is 11.1. The predicted molar refractivity (Wildman–Crippen MR) is 160 cm³/mol. The van der Waals surface area contributed by atoms with E-state index in [1.807, 2.05) is 67.8 Å². The molecular weight excluding hydrogens is 847 g/mol. The van der Waals surface area contributed by atoms with Crippen molar-refractivity contribution in [1.82, 2.24) is 10.2 Å². The van der Waals surface area contributed by atoms with Crippen molar-refractivity contribution in [3.05, 3.63) is 21.8 Å². The quantitative estimate of drug-likeness (QED) is 0.163. The van der Waals surface area contributed by atoms with E-state index in [2.05, 4.69) is 10.6 Å². The van der Waals surface area contributed by atoms with E-state index in [0.717, 1.165) is 0 Å². The maximum absolute atomic E-state index is 13.6. The van der Waals surface area contributed by atoms with E-state index in [-0.39, 0.29) is 46.7 Å². The summed E-state index contributed by atoms with van der Waals surface area (Å²) in [7, 11) is 2.78. The van der Waals surface area contributed by atoms with E-state index in [4.69, 9.17) is 19.3 Å². The molecule has 3 amide bonds. The first-order chi connectivity index (χ1) is 17.7. The van der Waals surface area contributed by atoms with Crippen LogP contribution in [0.25, 0.3) is 0 Å². The van der Waals surface area contributed by atoms with Gasteiger partial charge in [0.1, 0.15) is 13.2 Å². The molecule has 38 heavy (non-hydrogen) atoms. The van der Waals surface area contributed by atoms with E-state index < -0.39 is 48.5 Å². The second kappa shape index (κ2) is 16.7. The Balaban J connectivity index is 3.54. The topological polar surface area (TPSA) is 181 Å². The Morgan fingerprint density at radius 2 is 1.61 bits per heavy atom. The number of aliphatic hydroxyl groups excluding tert-OH is 2. The Hall–Kier alpha value is -1.36. The number of nitrogens with one attached hydrogen (secondary N) is 2. The van der Waals surface area contributed by atoms with Crippen LogP contribution >= 0.6 is 67.8 Å². The molecule has 0 saturated heterocycles. The third-order valence-electron chi connectivity index (χ3n) is 4.64. The van der Waals surface area contributed by atoms with Gasteiger partial charge in [0.2, 0.25) is 5.91 Å². The molecule has 212 valence electrons. The van der Waals surface area contributed by atoms with Crippen molar-refractivity contribution in [2.24, 2.45) is 0 Å². The van der Waals surface area contributed by atoms with Crippen molar-refractivity contribution in [2.75, 3.05) is 52.4 Å². The average molecular weight is 875 g/mol. The van der Waals surface area contributed by atoms with Gasteiger partial charge in [-0.3, -0.25) is 24.0 Å². The lowest BCUT2D eigenvalue weighted by Gasteiger charge is -2.26. The molecule has 2 unspecified atom stereocenters. The Morgan fingerprint density at radius 1 is 1.00 bits per heavy atom. The lowest BCUT2D eigenvalue weighted by atomic mass is 10.1. The summed E-state index contributed by atoms with van der Waals surface area (Å²) in [4.78, 5) is 63.0. The number of nitrogens with zero attached hydrogens (tertiary/aromatic N) is 1. The summed E-state index contributed by atoms with van der Waals surface area (Å²) in [6, 6.07) is 0. The molecule has 0 radical (unpaired) electrons. The highest BCUT2D eigenvalue weighted by molar-refractivity contribution is 14.1. The number of anilines is 1. The summed E-state index contributed by atoms with van der Waals surface area (Å²) in [6.45, 7) is 0.883. The number of halogens is 3. The van der Waals surface area contributed by atoms with Crippen LogP contribution in [0.3, 0.4) is 0 Å². The second-order valence-electron chi connectivity index (χ2n) is 7.81. The molecule has 0 bridgehead atoms. The van der Waals surface area contributed by atoms with Crippen LogP contribution in [0.1, 0.15) is 34.6 Å². The molecule has 1 aromatic carbocycles. The Bertz CT molecular complexity index is 1070. The number of carbonyl (C=O) groups is 5. The summed E-state index contributed by atoms with van der Waals surface area (Å²) in [5.74, 6) is -2.95. The molecule has 1 aromatic rings. The van der Waals surface area contributed by atoms with Crippen molar-refractivity contribution in [3.8, 4) is 0 Å². The minimum atomic E-state index is -1.19. The van der Waals surface area contributed by atoms with Gasteiger partial charge in [0, 0.05) is 38.1 Å². The molecule has 0 spiro atoms. The summed E-state index contributed by atoms with van der Waals surface area (Å²) in [5, 5.41) is 23.9. The van der Waals surface area contributed by atoms with Gasteiger partial charge in [-0.2, -0.15) is 0 Å². The van der Waals surface area contributed by atoms with Crippen LogP contribution in [0.15, 0.2) is 0 Å². The van der Waals surface area contributed by atoms with Crippen molar-refractivity contribution < 1.29 is 48.4 Å². The van der Waals surface area contributed by atoms with Gasteiger partial charge in [0.05, 0.1) is 43.2 Å². The van der Waals surface area contributed by atoms with Gasteiger partial charge in [-0.05, 0) is 67.8 Å². The monoisotopic (exact) mass is 875 g/mol. The SMILES string of the molecule is COCC(=O)Nc1c(I)c(C(=O)NCC(O)CO)c(I)c(C(=O)N(C)CC(COC(C)=O)OC(C)=O)c1I. The highest BCUT2D eigenvalue weighted by atomic mass is 127. The summed E-state index contributed by atoms with van der Waals surface area (Å²) in [5.41, 5.74) is 0.358. The maximum Gasteiger partial charge on any atom is 0.303 e. The number of carbonyl (C=O) groups excluding carboxylic acids is 5. The number of aliphatic hydroxyl groups is 2. The van der Waals surface area contributed by atoms with Crippen LogP contribution in [0.5, 0.6) is 0 Å². The lowest BCUT2D eigenvalue weighted by molar-refractivity contribution is -0.156. The minimum Gasteiger partial charge on any atom is -0.462 e. The largest absolute Gasteiger partial charge is 0.462 e. The minimum absolute atomic E-state index is 0.0673. The highest BCUT2D eigenvalue weighted by Gasteiger charge is 2.31. The fourth-order valence-electron chi connectivity index (χ4n) is 2.98. The van der Waals surface area contributed by atoms with E-state index in [0.29, 0.717) is 7.14 Å². The third-order valence-corrected chi connectivity index (χ3v) is 7.87. The molecule has 0 aliphatic carbocycles. The normalized spacial score (nSPS) is 12.2. The van der Waals surface area contributed by atoms with Gasteiger partial charge in [0.15, 0.2) is 6.10 Å². The third kappa shape index (κ3) is 10.3. The fraction of sp³-hybridized carbons (Fsp3) is 0.500. The van der Waals surface area contributed by atoms with E-state index in [1.54, 1.807) is 0 Å². The maximum atomic E-state index is 13.6. The number of likely N-dealkylation sites (N-methyl/N-ethyl adjacent to an activating group) is 1. The zero-order chi connectivity index (χ0) is 29.2. The van der Waals surface area contributed by atoms with Crippen LogP contribution in [-0.2, 0) is 28.6 Å². The van der Waals surface area contributed by atoms with Crippen LogP contribution in [0.2, 0.25) is 0 Å². The molecule has 2 atom stereocenters. The first kappa shape index (κ1) is 34.7. The van der Waals surface area contributed by atoms with Gasteiger partial charge in [-0.15, -0.1) is 0 Å². The van der Waals surface area contributed by atoms with Gasteiger partial charge in [-0.25, -0.2) is 0 Å². The number of hydrogen-bond donors (Lipinski definition) is 4. The molecule has 0 heterocycles. The Morgan fingerprint density at radius 3 is 2.13 bits per heavy atom. The molecular formula is C22H28I3N3O10. The molecule has 0 saturated carbocycles. The van der Waals surface area contributed by atoms with Gasteiger partial charge >= 0.3 is 11.9 Å². The number of ether oxygens (including phenoxy) is 3. The zero-order valence-electron chi connectivity index (χ0n) is 20.9. The van der Waals surface area contributed by atoms with Crippen LogP contribution in [0.4, 0.5) is 5.69 Å². The predicted octanol–water partition coefficient (Wildman–Crippen LogP) is 0.735. The zero-order valence-corrected chi connectivity index (χ0v) is 27.4. The molecule has 4 N–H and O–H groups in total. The van der Waals surface area contributed by atoms with Gasteiger partial charge in [0.25, 0.3) is 11.8 Å². The molecule has 1 rings (SSSR count). The van der Waals surface area contributed by atoms with E-state index in [1.165, 1.54) is 32.9 Å². The standard InChI is InChI=1S/C22H28I3N3O10/c1-10(30)37-8-13(38-11(2)31)6-28(3)22(35)16-17(23)15(21(34)26-5-12(32)7-29)18(24)20(19(16)25)27-14(33)9-36-4/h12-13,29,32H,5-9H2,1-4H3,(H,26,34)(H,27,33). The van der Waals surface area contributed by atoms with Crippen molar-refractivity contribution in [3.63, 3.8) is 0 Å². The number of benzene rings is 1. The molecule has 0 fully saturated rings. The van der Waals surface area contributed by atoms with Crippen LogP contribution < -0.4 is 10.6 Å². The first-order valence-corrected chi connectivity index (χ1v) is 14.1. The number of methoxy groups -OCH3 is 1. The van der Waals surface area contributed by atoms with Crippen molar-refractivity contribution >= 4 is 103 Å². The number of amides is 3. The summed E-state index contributed by atoms with van der Waals surface area (Å²) < 4.78 is 15.9. The highest BCUT2D eigenvalue weighted by Crippen LogP contribution is 2.36. The van der Waals surface area contributed by atoms with Crippen molar-refractivity contribution in [2.45, 2.75) is 26.1 Å². The Kier molecular flexibility index (Phi) is 15.2. The van der Waals surface area contributed by atoms with Crippen molar-refractivity contribution in [1.29, 1.82) is 0 Å². The molecule has 13 nitrogen and oxygen atoms in total. The fourth-order valence-corrected chi connectivity index (χ4v) is 7.37. The summed E-state index contributed by atoms with van der Waals surface area (Å²) >= 11 is 5.61.